The van der Waals surface area contributed by atoms with Gasteiger partial charge in [0.05, 0.1) is 44.5 Å². The summed E-state index contributed by atoms with van der Waals surface area (Å²) in [6.07, 6.45) is 2.26. The summed E-state index contributed by atoms with van der Waals surface area (Å²) < 4.78 is 18.3. The van der Waals surface area contributed by atoms with Crippen molar-refractivity contribution in [3.63, 3.8) is 0 Å². The smallest absolute Gasteiger partial charge is 0.332 e. The zero-order valence-corrected chi connectivity index (χ0v) is 22.9. The van der Waals surface area contributed by atoms with Crippen LogP contribution in [0.4, 0.5) is 0 Å². The van der Waals surface area contributed by atoms with E-state index >= 15 is 0 Å². The van der Waals surface area contributed by atoms with Crippen LogP contribution in [0.2, 0.25) is 0 Å². The van der Waals surface area contributed by atoms with E-state index in [2.05, 4.69) is 10.6 Å². The van der Waals surface area contributed by atoms with Crippen molar-refractivity contribution < 1.29 is 23.5 Å². The monoisotopic (exact) mass is 548 g/mol. The number of aromatic nitrogens is 2. The fourth-order valence-electron chi connectivity index (χ4n) is 4.23. The van der Waals surface area contributed by atoms with E-state index in [9.17, 15) is 19.2 Å². The van der Waals surface area contributed by atoms with Gasteiger partial charge in [-0.05, 0) is 49.2 Å². The van der Waals surface area contributed by atoms with Crippen LogP contribution >= 0.6 is 0 Å². The molecule has 2 aromatic heterocycles. The predicted octanol–water partition coefficient (Wildman–Crippen LogP) is 2.67. The molecule has 0 spiro atoms. The maximum atomic E-state index is 13.6. The minimum atomic E-state index is -0.649. The zero-order valence-electron chi connectivity index (χ0n) is 22.9. The molecule has 210 valence electrons. The lowest BCUT2D eigenvalue weighted by Gasteiger charge is -2.17. The van der Waals surface area contributed by atoms with E-state index in [1.807, 2.05) is 13.8 Å². The highest BCUT2D eigenvalue weighted by atomic mass is 16.5. The van der Waals surface area contributed by atoms with Crippen molar-refractivity contribution in [1.29, 1.82) is 0 Å². The van der Waals surface area contributed by atoms with E-state index in [1.54, 1.807) is 36.4 Å². The molecule has 0 unspecified atom stereocenters. The first kappa shape index (κ1) is 28.2. The van der Waals surface area contributed by atoms with Gasteiger partial charge < -0.3 is 24.5 Å². The third-order valence-corrected chi connectivity index (χ3v) is 6.61. The average Bonchev–Trinajstić information content (AvgIpc) is 3.49. The molecule has 2 N–H and O–H groups in total. The van der Waals surface area contributed by atoms with Gasteiger partial charge in [0.2, 0.25) is 5.91 Å². The van der Waals surface area contributed by atoms with Crippen LogP contribution in [-0.4, -0.2) is 41.2 Å². The Hall–Kier alpha value is -4.80. The van der Waals surface area contributed by atoms with E-state index in [-0.39, 0.29) is 48.4 Å². The molecule has 2 heterocycles. The quantitative estimate of drug-likeness (QED) is 0.294. The molecule has 4 aromatic rings. The van der Waals surface area contributed by atoms with Crippen LogP contribution in [-0.2, 0) is 24.4 Å². The number of nitrogens with zero attached hydrogens (tertiary/aromatic N) is 2. The molecule has 11 heteroatoms. The number of amides is 2. The minimum Gasteiger partial charge on any atom is -0.493 e. The molecule has 4 rings (SSSR count). The summed E-state index contributed by atoms with van der Waals surface area (Å²) in [5, 5.41) is 5.82. The van der Waals surface area contributed by atoms with Crippen molar-refractivity contribution in [3.8, 4) is 11.5 Å². The molecule has 0 saturated carbocycles. The highest BCUT2D eigenvalue weighted by molar-refractivity contribution is 5.94. The van der Waals surface area contributed by atoms with Crippen LogP contribution in [0.15, 0.2) is 68.8 Å². The molecule has 0 fully saturated rings. The Labute approximate surface area is 230 Å². The van der Waals surface area contributed by atoms with Crippen molar-refractivity contribution in [1.82, 2.24) is 19.8 Å². The van der Waals surface area contributed by atoms with Crippen LogP contribution in [0.1, 0.15) is 41.9 Å². The molecule has 0 aliphatic carbocycles. The maximum Gasteiger partial charge on any atom is 0.332 e. The van der Waals surface area contributed by atoms with Gasteiger partial charge in [-0.1, -0.05) is 19.1 Å². The van der Waals surface area contributed by atoms with Crippen LogP contribution in [0.25, 0.3) is 10.9 Å². The predicted molar refractivity (Wildman–Crippen MR) is 149 cm³/mol. The molecule has 0 aliphatic rings. The van der Waals surface area contributed by atoms with Crippen LogP contribution in [0, 0.1) is 0 Å². The summed E-state index contributed by atoms with van der Waals surface area (Å²) in [6, 6.07) is 13.0. The maximum absolute atomic E-state index is 13.6. The molecule has 2 aromatic carbocycles. The summed E-state index contributed by atoms with van der Waals surface area (Å²) in [5.74, 6) is 0.620. The molecule has 11 nitrogen and oxygen atoms in total. The van der Waals surface area contributed by atoms with Gasteiger partial charge in [0.15, 0.2) is 11.5 Å². The van der Waals surface area contributed by atoms with Gasteiger partial charge in [0.1, 0.15) is 12.3 Å². The number of hydrogen-bond acceptors (Lipinski definition) is 7. The third-order valence-electron chi connectivity index (χ3n) is 6.61. The van der Waals surface area contributed by atoms with Crippen LogP contribution in [0.5, 0.6) is 11.5 Å². The summed E-state index contributed by atoms with van der Waals surface area (Å²) in [5.41, 5.74) is 0.102. The molecule has 0 saturated heterocycles. The molecule has 0 radical (unpaired) electrons. The zero-order chi connectivity index (χ0) is 28.8. The first-order chi connectivity index (χ1) is 19.2. The van der Waals surface area contributed by atoms with Gasteiger partial charge >= 0.3 is 5.69 Å². The second kappa shape index (κ2) is 12.4. The van der Waals surface area contributed by atoms with Gasteiger partial charge in [-0.25, -0.2) is 4.79 Å². The Balaban J connectivity index is 1.69. The number of hydrogen-bond donors (Lipinski definition) is 2. The van der Waals surface area contributed by atoms with Crippen molar-refractivity contribution >= 4 is 22.7 Å². The molecular weight excluding hydrogens is 516 g/mol. The Morgan fingerprint density at radius 3 is 2.33 bits per heavy atom. The Kier molecular flexibility index (Phi) is 8.73. The average molecular weight is 549 g/mol. The molecule has 1 atom stereocenters. The molecular formula is C29H32N4O7. The number of carbonyl (C=O) groups excluding carboxylic acids is 2. The summed E-state index contributed by atoms with van der Waals surface area (Å²) in [6.45, 7) is 3.71. The van der Waals surface area contributed by atoms with Gasteiger partial charge in [-0.15, -0.1) is 0 Å². The Morgan fingerprint density at radius 2 is 1.70 bits per heavy atom. The van der Waals surface area contributed by atoms with Crippen molar-refractivity contribution in [2.45, 2.75) is 45.9 Å². The number of benzene rings is 2. The second-order valence-electron chi connectivity index (χ2n) is 9.32. The largest absolute Gasteiger partial charge is 0.493 e. The van der Waals surface area contributed by atoms with Crippen LogP contribution in [0.3, 0.4) is 0 Å². The van der Waals surface area contributed by atoms with Crippen molar-refractivity contribution in [2.75, 3.05) is 14.2 Å². The number of carbonyl (C=O) groups is 2. The standard InChI is InChI=1S/C29H32N4O7/c1-5-18(2)31-26(34)17-32-23-14-25(39-4)24(38-3)13-22(23)28(36)33(29(32)37)16-19-8-10-20(11-9-19)27(35)30-15-21-7-6-12-40-21/h6-14,18H,5,15-17H2,1-4H3,(H,30,35)(H,31,34)/t18-/m0/s1. The lowest BCUT2D eigenvalue weighted by atomic mass is 10.1. The van der Waals surface area contributed by atoms with Crippen molar-refractivity contribution in [3.05, 3.63) is 92.5 Å². The van der Waals surface area contributed by atoms with Gasteiger partial charge in [-0.3, -0.25) is 23.5 Å². The summed E-state index contributed by atoms with van der Waals surface area (Å²) in [4.78, 5) is 52.4. The number of furan rings is 1. The highest BCUT2D eigenvalue weighted by Crippen LogP contribution is 2.30. The van der Waals surface area contributed by atoms with Crippen molar-refractivity contribution in [2.24, 2.45) is 0 Å². The molecule has 0 bridgehead atoms. The van der Waals surface area contributed by atoms with Crippen LogP contribution < -0.4 is 31.4 Å². The van der Waals surface area contributed by atoms with E-state index in [1.165, 1.54) is 37.2 Å². The Morgan fingerprint density at radius 1 is 1.00 bits per heavy atom. The lowest BCUT2D eigenvalue weighted by molar-refractivity contribution is -0.122. The normalized spacial score (nSPS) is 11.7. The topological polar surface area (TPSA) is 134 Å². The van der Waals surface area contributed by atoms with Gasteiger partial charge in [0, 0.05) is 17.7 Å². The fourth-order valence-corrected chi connectivity index (χ4v) is 4.23. The van der Waals surface area contributed by atoms with Gasteiger partial charge in [0.25, 0.3) is 11.5 Å². The SMILES string of the molecule is CC[C@H](C)NC(=O)Cn1c(=O)n(Cc2ccc(C(=O)NCc3ccco3)cc2)c(=O)c2cc(OC)c(OC)cc21. The number of ether oxygens (including phenoxy) is 2. The molecule has 40 heavy (non-hydrogen) atoms. The second-order valence-corrected chi connectivity index (χ2v) is 9.32. The third kappa shape index (κ3) is 6.09. The first-order valence-corrected chi connectivity index (χ1v) is 12.8. The number of nitrogens with one attached hydrogen (secondary N) is 2. The molecule has 2 amide bonds. The van der Waals surface area contributed by atoms with Gasteiger partial charge in [-0.2, -0.15) is 0 Å². The highest BCUT2D eigenvalue weighted by Gasteiger charge is 2.19. The lowest BCUT2D eigenvalue weighted by Crippen LogP contribution is -2.44. The fraction of sp³-hybridized carbons (Fsp3) is 0.310. The summed E-state index contributed by atoms with van der Waals surface area (Å²) >= 11 is 0. The van der Waals surface area contributed by atoms with E-state index in [0.717, 1.165) is 11.0 Å². The Bertz CT molecular complexity index is 1620. The number of methoxy groups -OCH3 is 2. The first-order valence-electron chi connectivity index (χ1n) is 12.8. The van der Waals surface area contributed by atoms with E-state index < -0.39 is 11.2 Å². The number of rotatable bonds is 11. The van der Waals surface area contributed by atoms with E-state index in [4.69, 9.17) is 13.9 Å². The minimum absolute atomic E-state index is 0.0662. The number of fused-ring (bicyclic) bond motifs is 1. The molecule has 0 aliphatic heterocycles. The summed E-state index contributed by atoms with van der Waals surface area (Å²) in [7, 11) is 2.90. The van der Waals surface area contributed by atoms with E-state index in [0.29, 0.717) is 28.4 Å².